The molecule has 11 heteroatoms. The van der Waals surface area contributed by atoms with Crippen LogP contribution in [0.15, 0.2) is 0 Å². The Morgan fingerprint density at radius 2 is 1.25 bits per heavy atom. The zero-order valence-electron chi connectivity index (χ0n) is 13.0. The van der Waals surface area contributed by atoms with E-state index in [-0.39, 0.29) is 0 Å². The maximum atomic E-state index is 10.2. The first-order valence-corrected chi connectivity index (χ1v) is 7.46. The van der Waals surface area contributed by atoms with Crippen molar-refractivity contribution in [1.82, 2.24) is 0 Å². The third-order valence-corrected chi connectivity index (χ3v) is 4.19. The van der Waals surface area contributed by atoms with E-state index in [1.165, 1.54) is 7.11 Å². The summed E-state index contributed by atoms with van der Waals surface area (Å²) in [6.07, 6.45) is -14.4. The second kappa shape index (κ2) is 8.29. The quantitative estimate of drug-likeness (QED) is 0.251. The molecule has 0 bridgehead atoms. The second-order valence-corrected chi connectivity index (χ2v) is 5.74. The van der Waals surface area contributed by atoms with Gasteiger partial charge in [0.15, 0.2) is 12.6 Å². The highest BCUT2D eigenvalue weighted by molar-refractivity contribution is 4.93. The fraction of sp³-hybridized carbons (Fsp3) is 1.00. The maximum absolute atomic E-state index is 10.2. The largest absolute Gasteiger partial charge is 0.394 e. The van der Waals surface area contributed by atoms with Gasteiger partial charge in [-0.3, -0.25) is 0 Å². The van der Waals surface area contributed by atoms with E-state index in [0.717, 1.165) is 0 Å². The molecule has 10 atom stereocenters. The molecule has 0 aromatic rings. The lowest BCUT2D eigenvalue weighted by Crippen LogP contribution is -2.64. The van der Waals surface area contributed by atoms with E-state index >= 15 is 0 Å². The van der Waals surface area contributed by atoms with Crippen molar-refractivity contribution >= 4 is 0 Å². The summed E-state index contributed by atoms with van der Waals surface area (Å²) in [6, 6.07) is 0. The van der Waals surface area contributed by atoms with Gasteiger partial charge >= 0.3 is 0 Å². The summed E-state index contributed by atoms with van der Waals surface area (Å²) in [7, 11) is 1.24. The van der Waals surface area contributed by atoms with Gasteiger partial charge in [0.05, 0.1) is 13.2 Å². The van der Waals surface area contributed by atoms with Crippen LogP contribution in [0.1, 0.15) is 0 Å². The van der Waals surface area contributed by atoms with Gasteiger partial charge in [0.25, 0.3) is 0 Å². The fourth-order valence-corrected chi connectivity index (χ4v) is 2.74. The highest BCUT2D eigenvalue weighted by atomic mass is 16.7. The molecule has 2 saturated heterocycles. The Balaban J connectivity index is 2.14. The van der Waals surface area contributed by atoms with Crippen LogP contribution >= 0.6 is 0 Å². The summed E-state index contributed by atoms with van der Waals surface area (Å²) in [6.45, 7) is -1.23. The minimum atomic E-state index is -1.70. The SMILES string of the molecule is CO[C@@H]1O[C@H](CO)[C@@H](O)[C@H](O[C@@H]2O[C@@H](CO)[C@H](O)[C@@H](O)[C@H]2O)[C@H]1O. The number of ether oxygens (including phenoxy) is 4. The Labute approximate surface area is 137 Å². The highest BCUT2D eigenvalue weighted by Gasteiger charge is 2.50. The Morgan fingerprint density at radius 3 is 1.79 bits per heavy atom. The minimum Gasteiger partial charge on any atom is -0.394 e. The summed E-state index contributed by atoms with van der Waals surface area (Å²) in [4.78, 5) is 0. The van der Waals surface area contributed by atoms with Crippen molar-refractivity contribution < 1.29 is 54.7 Å². The molecule has 24 heavy (non-hydrogen) atoms. The smallest absolute Gasteiger partial charge is 0.187 e. The van der Waals surface area contributed by atoms with Crippen molar-refractivity contribution in [1.29, 1.82) is 0 Å². The van der Waals surface area contributed by atoms with Crippen LogP contribution in [0, 0.1) is 0 Å². The van der Waals surface area contributed by atoms with Gasteiger partial charge in [0.1, 0.15) is 48.8 Å². The van der Waals surface area contributed by atoms with Crippen LogP contribution in [0.4, 0.5) is 0 Å². The molecule has 142 valence electrons. The predicted molar refractivity (Wildman–Crippen MR) is 73.4 cm³/mol. The first-order chi connectivity index (χ1) is 11.3. The number of hydrogen-bond acceptors (Lipinski definition) is 11. The first kappa shape index (κ1) is 19.9. The zero-order chi connectivity index (χ0) is 18.0. The number of aliphatic hydroxyl groups is 7. The molecule has 0 radical (unpaired) electrons. The molecule has 0 unspecified atom stereocenters. The Bertz CT molecular complexity index is 378. The third kappa shape index (κ3) is 3.71. The van der Waals surface area contributed by atoms with Gasteiger partial charge in [-0.05, 0) is 0 Å². The maximum Gasteiger partial charge on any atom is 0.187 e. The van der Waals surface area contributed by atoms with Crippen LogP contribution in [-0.2, 0) is 18.9 Å². The summed E-state index contributed by atoms with van der Waals surface area (Å²) < 4.78 is 20.6. The molecule has 0 aliphatic carbocycles. The molecule has 2 heterocycles. The van der Waals surface area contributed by atoms with Gasteiger partial charge in [-0.2, -0.15) is 0 Å². The van der Waals surface area contributed by atoms with E-state index in [1.54, 1.807) is 0 Å². The van der Waals surface area contributed by atoms with Crippen molar-refractivity contribution in [2.75, 3.05) is 20.3 Å². The van der Waals surface area contributed by atoms with Crippen molar-refractivity contribution in [2.45, 2.75) is 61.4 Å². The molecule has 11 nitrogen and oxygen atoms in total. The third-order valence-electron chi connectivity index (χ3n) is 4.19. The summed E-state index contributed by atoms with van der Waals surface area (Å²) in [5.41, 5.74) is 0. The molecular weight excluding hydrogens is 332 g/mol. The fourth-order valence-electron chi connectivity index (χ4n) is 2.74. The highest BCUT2D eigenvalue weighted by Crippen LogP contribution is 2.29. The van der Waals surface area contributed by atoms with Gasteiger partial charge in [0.2, 0.25) is 0 Å². The summed E-state index contributed by atoms with van der Waals surface area (Å²) in [5.74, 6) is 0. The summed E-state index contributed by atoms with van der Waals surface area (Å²) >= 11 is 0. The van der Waals surface area contributed by atoms with E-state index in [9.17, 15) is 30.6 Å². The first-order valence-electron chi connectivity index (χ1n) is 7.46. The molecule has 2 aliphatic heterocycles. The number of aliphatic hydroxyl groups excluding tert-OH is 7. The lowest BCUT2D eigenvalue weighted by molar-refractivity contribution is -0.358. The molecule has 7 N–H and O–H groups in total. The van der Waals surface area contributed by atoms with E-state index < -0.39 is 74.6 Å². The van der Waals surface area contributed by atoms with Gasteiger partial charge in [0, 0.05) is 7.11 Å². The Morgan fingerprint density at radius 1 is 0.708 bits per heavy atom. The average Bonchev–Trinajstić information content (AvgIpc) is 2.58. The predicted octanol–water partition coefficient (Wildman–Crippen LogP) is -4.74. The summed E-state index contributed by atoms with van der Waals surface area (Å²) in [5, 5.41) is 68.1. The van der Waals surface area contributed by atoms with Gasteiger partial charge < -0.3 is 54.7 Å². The molecule has 2 fully saturated rings. The van der Waals surface area contributed by atoms with Crippen molar-refractivity contribution in [3.8, 4) is 0 Å². The minimum absolute atomic E-state index is 0.581. The van der Waals surface area contributed by atoms with E-state index in [2.05, 4.69) is 0 Å². The van der Waals surface area contributed by atoms with Gasteiger partial charge in [-0.1, -0.05) is 0 Å². The lowest BCUT2D eigenvalue weighted by atomic mass is 9.97. The van der Waals surface area contributed by atoms with Crippen LogP contribution in [0.5, 0.6) is 0 Å². The zero-order valence-corrected chi connectivity index (χ0v) is 13.0. The van der Waals surface area contributed by atoms with Crippen LogP contribution in [0.3, 0.4) is 0 Å². The van der Waals surface area contributed by atoms with E-state index in [1.807, 2.05) is 0 Å². The molecule has 0 amide bonds. The monoisotopic (exact) mass is 356 g/mol. The molecular formula is C13H24O11. The molecule has 0 aromatic carbocycles. The van der Waals surface area contributed by atoms with Crippen molar-refractivity contribution in [3.05, 3.63) is 0 Å². The molecule has 0 aromatic heterocycles. The molecule has 2 rings (SSSR count). The van der Waals surface area contributed by atoms with Crippen LogP contribution in [0.25, 0.3) is 0 Å². The standard InChI is InChI=1S/C13H24O11/c1-21-12-10(20)11(7(17)5(3-15)22-12)24-13-9(19)8(18)6(16)4(2-14)23-13/h4-20H,2-3H2,1H3/t4-,5+,6-,7+,8+,9+,10+,11-,12+,13-/m0/s1. The molecule has 0 saturated carbocycles. The average molecular weight is 356 g/mol. The number of hydrogen-bond donors (Lipinski definition) is 7. The van der Waals surface area contributed by atoms with Crippen molar-refractivity contribution in [3.63, 3.8) is 0 Å². The van der Waals surface area contributed by atoms with E-state index in [4.69, 9.17) is 24.1 Å². The Hall–Kier alpha value is -0.440. The van der Waals surface area contributed by atoms with Crippen LogP contribution < -0.4 is 0 Å². The topological polar surface area (TPSA) is 179 Å². The van der Waals surface area contributed by atoms with Crippen LogP contribution in [0.2, 0.25) is 0 Å². The molecule has 2 aliphatic rings. The lowest BCUT2D eigenvalue weighted by Gasteiger charge is -2.45. The van der Waals surface area contributed by atoms with Crippen LogP contribution in [-0.4, -0.2) is 117 Å². The Kier molecular flexibility index (Phi) is 6.87. The number of methoxy groups -OCH3 is 1. The van der Waals surface area contributed by atoms with E-state index in [0.29, 0.717) is 0 Å². The number of rotatable bonds is 5. The van der Waals surface area contributed by atoms with Gasteiger partial charge in [-0.25, -0.2) is 0 Å². The second-order valence-electron chi connectivity index (χ2n) is 5.74. The molecule has 0 spiro atoms. The normalized spacial score (nSPS) is 50.0. The van der Waals surface area contributed by atoms with Gasteiger partial charge in [-0.15, -0.1) is 0 Å². The van der Waals surface area contributed by atoms with Crippen molar-refractivity contribution in [2.24, 2.45) is 0 Å².